The Balaban J connectivity index is 1.96. The molecule has 4 heteroatoms. The normalized spacial score (nSPS) is 10.7. The van der Waals surface area contributed by atoms with Crippen molar-refractivity contribution in [1.82, 2.24) is 5.32 Å². The van der Waals surface area contributed by atoms with Gasteiger partial charge in [-0.15, -0.1) is 0 Å². The number of nitrogens with zero attached hydrogens (tertiary/aromatic N) is 1. The molecule has 0 spiro atoms. The van der Waals surface area contributed by atoms with E-state index in [2.05, 4.69) is 16.7 Å². The summed E-state index contributed by atoms with van der Waals surface area (Å²) in [7, 11) is 0. The molecule has 0 aliphatic rings. The summed E-state index contributed by atoms with van der Waals surface area (Å²) < 4.78 is 0. The van der Waals surface area contributed by atoms with Crippen molar-refractivity contribution < 1.29 is 4.79 Å². The van der Waals surface area contributed by atoms with Crippen molar-refractivity contribution in [2.45, 2.75) is 20.4 Å². The van der Waals surface area contributed by atoms with Gasteiger partial charge >= 0.3 is 0 Å². The molecule has 0 aliphatic carbocycles. The summed E-state index contributed by atoms with van der Waals surface area (Å²) in [6.45, 7) is 4.56. The van der Waals surface area contributed by atoms with E-state index in [0.717, 1.165) is 11.1 Å². The zero-order chi connectivity index (χ0) is 16.7. The van der Waals surface area contributed by atoms with Gasteiger partial charge in [-0.1, -0.05) is 47.5 Å². The Morgan fingerprint density at radius 2 is 1.87 bits per heavy atom. The molecule has 0 aromatic heterocycles. The van der Waals surface area contributed by atoms with Crippen molar-refractivity contribution in [3.8, 4) is 6.07 Å². The van der Waals surface area contributed by atoms with Crippen LogP contribution >= 0.6 is 0 Å². The Labute approximate surface area is 136 Å². The highest BCUT2D eigenvalue weighted by atomic mass is 16.1. The Morgan fingerprint density at radius 3 is 2.52 bits per heavy atom. The van der Waals surface area contributed by atoms with Crippen LogP contribution in [0, 0.1) is 25.2 Å². The Hall–Kier alpha value is -3.06. The summed E-state index contributed by atoms with van der Waals surface area (Å²) in [6, 6.07) is 17.4. The molecule has 2 rings (SSSR count). The fourth-order valence-electron chi connectivity index (χ4n) is 2.08. The number of rotatable bonds is 5. The summed E-state index contributed by atoms with van der Waals surface area (Å²) in [4.78, 5) is 12.1. The third kappa shape index (κ3) is 5.01. The smallest absolute Gasteiger partial charge is 0.267 e. The van der Waals surface area contributed by atoms with Gasteiger partial charge < -0.3 is 10.6 Å². The molecule has 0 saturated carbocycles. The van der Waals surface area contributed by atoms with Crippen molar-refractivity contribution in [2.75, 3.05) is 5.32 Å². The summed E-state index contributed by atoms with van der Waals surface area (Å²) in [5.74, 6) is -0.423. The monoisotopic (exact) mass is 305 g/mol. The number of hydrogen-bond donors (Lipinski definition) is 2. The van der Waals surface area contributed by atoms with Crippen LogP contribution in [0.5, 0.6) is 0 Å². The van der Waals surface area contributed by atoms with Crippen molar-refractivity contribution in [1.29, 1.82) is 5.26 Å². The summed E-state index contributed by atoms with van der Waals surface area (Å²) in [5.41, 5.74) is 4.08. The number of carbonyl (C=O) groups excluding carboxylic acids is 1. The largest absolute Gasteiger partial charge is 0.386 e. The summed E-state index contributed by atoms with van der Waals surface area (Å²) in [5, 5.41) is 14.9. The molecule has 1 amide bonds. The van der Waals surface area contributed by atoms with E-state index in [0.29, 0.717) is 12.2 Å². The van der Waals surface area contributed by atoms with Gasteiger partial charge in [0.25, 0.3) is 5.91 Å². The van der Waals surface area contributed by atoms with Crippen LogP contribution in [0.4, 0.5) is 5.69 Å². The predicted molar refractivity (Wildman–Crippen MR) is 91.5 cm³/mol. The first-order valence-electron chi connectivity index (χ1n) is 7.35. The van der Waals surface area contributed by atoms with E-state index in [4.69, 9.17) is 5.26 Å². The minimum absolute atomic E-state index is 0.0400. The Kier molecular flexibility index (Phi) is 5.54. The summed E-state index contributed by atoms with van der Waals surface area (Å²) in [6.07, 6.45) is 1.45. The molecule has 0 bridgehead atoms. The quantitative estimate of drug-likeness (QED) is 0.657. The van der Waals surface area contributed by atoms with Crippen LogP contribution < -0.4 is 10.6 Å². The second kappa shape index (κ2) is 7.81. The highest BCUT2D eigenvalue weighted by molar-refractivity contribution is 6.06. The van der Waals surface area contributed by atoms with Gasteiger partial charge in [0.05, 0.1) is 0 Å². The third-order valence-corrected chi connectivity index (χ3v) is 3.31. The number of benzene rings is 2. The van der Waals surface area contributed by atoms with Crippen molar-refractivity contribution in [2.24, 2.45) is 0 Å². The van der Waals surface area contributed by atoms with E-state index in [-0.39, 0.29) is 5.57 Å². The van der Waals surface area contributed by atoms with Crippen LogP contribution in [0.25, 0.3) is 0 Å². The van der Waals surface area contributed by atoms with Crippen LogP contribution in [-0.4, -0.2) is 5.91 Å². The number of aryl methyl sites for hydroxylation is 2. The molecule has 0 unspecified atom stereocenters. The van der Waals surface area contributed by atoms with Gasteiger partial charge in [-0.2, -0.15) is 5.26 Å². The molecule has 0 saturated heterocycles. The summed E-state index contributed by atoms with van der Waals surface area (Å²) >= 11 is 0. The second-order valence-electron chi connectivity index (χ2n) is 5.36. The number of carbonyl (C=O) groups is 1. The van der Waals surface area contributed by atoms with E-state index < -0.39 is 5.91 Å². The van der Waals surface area contributed by atoms with Gasteiger partial charge in [0.15, 0.2) is 0 Å². The SMILES string of the molecule is Cc1ccc(NC(=O)/C(C#N)=C\NCc2cccc(C)c2)cc1. The zero-order valence-electron chi connectivity index (χ0n) is 13.3. The fourth-order valence-corrected chi connectivity index (χ4v) is 2.08. The van der Waals surface area contributed by atoms with Gasteiger partial charge in [-0.25, -0.2) is 0 Å². The molecule has 2 N–H and O–H groups in total. The van der Waals surface area contributed by atoms with Crippen LogP contribution in [-0.2, 0) is 11.3 Å². The second-order valence-corrected chi connectivity index (χ2v) is 5.36. The van der Waals surface area contributed by atoms with E-state index in [1.54, 1.807) is 0 Å². The van der Waals surface area contributed by atoms with Gasteiger partial charge in [0.2, 0.25) is 0 Å². The minimum Gasteiger partial charge on any atom is -0.386 e. The molecule has 0 heterocycles. The first-order valence-corrected chi connectivity index (χ1v) is 7.35. The van der Waals surface area contributed by atoms with E-state index in [9.17, 15) is 4.79 Å². The van der Waals surface area contributed by atoms with Crippen LogP contribution in [0.3, 0.4) is 0 Å². The molecular weight excluding hydrogens is 286 g/mol. The van der Waals surface area contributed by atoms with E-state index >= 15 is 0 Å². The maximum Gasteiger partial charge on any atom is 0.267 e. The Bertz CT molecular complexity index is 755. The number of amides is 1. The molecule has 4 nitrogen and oxygen atoms in total. The molecule has 2 aromatic rings. The molecule has 2 aromatic carbocycles. The highest BCUT2D eigenvalue weighted by Gasteiger charge is 2.08. The maximum atomic E-state index is 12.1. The Morgan fingerprint density at radius 1 is 1.13 bits per heavy atom. The highest BCUT2D eigenvalue weighted by Crippen LogP contribution is 2.10. The lowest BCUT2D eigenvalue weighted by atomic mass is 10.1. The standard InChI is InChI=1S/C19H19N3O/c1-14-6-8-18(9-7-14)22-19(23)17(11-20)13-21-12-16-5-3-4-15(2)10-16/h3-10,13,21H,12H2,1-2H3,(H,22,23)/b17-13-. The number of hydrogen-bond acceptors (Lipinski definition) is 3. The van der Waals surface area contributed by atoms with Crippen LogP contribution in [0.15, 0.2) is 60.3 Å². The molecule has 23 heavy (non-hydrogen) atoms. The number of nitrogens with one attached hydrogen (secondary N) is 2. The van der Waals surface area contributed by atoms with E-state index in [1.807, 2.05) is 62.4 Å². The number of nitriles is 1. The first kappa shape index (κ1) is 16.3. The van der Waals surface area contributed by atoms with Gasteiger partial charge in [0, 0.05) is 18.4 Å². The van der Waals surface area contributed by atoms with Gasteiger partial charge in [-0.05, 0) is 31.5 Å². The van der Waals surface area contributed by atoms with Crippen molar-refractivity contribution >= 4 is 11.6 Å². The van der Waals surface area contributed by atoms with Gasteiger partial charge in [0.1, 0.15) is 11.6 Å². The first-order chi connectivity index (χ1) is 11.1. The van der Waals surface area contributed by atoms with E-state index in [1.165, 1.54) is 11.8 Å². The molecule has 0 atom stereocenters. The lowest BCUT2D eigenvalue weighted by Gasteiger charge is -2.06. The molecule has 116 valence electrons. The van der Waals surface area contributed by atoms with Crippen LogP contribution in [0.2, 0.25) is 0 Å². The average Bonchev–Trinajstić information content (AvgIpc) is 2.54. The van der Waals surface area contributed by atoms with Crippen LogP contribution in [0.1, 0.15) is 16.7 Å². The molecule has 0 fully saturated rings. The third-order valence-electron chi connectivity index (χ3n) is 3.31. The van der Waals surface area contributed by atoms with Crippen molar-refractivity contribution in [3.63, 3.8) is 0 Å². The topological polar surface area (TPSA) is 64.9 Å². The maximum absolute atomic E-state index is 12.1. The van der Waals surface area contributed by atoms with Crippen molar-refractivity contribution in [3.05, 3.63) is 77.0 Å². The van der Waals surface area contributed by atoms with Gasteiger partial charge in [-0.3, -0.25) is 4.79 Å². The lowest BCUT2D eigenvalue weighted by molar-refractivity contribution is -0.112. The predicted octanol–water partition coefficient (Wildman–Crippen LogP) is 3.44. The molecular formula is C19H19N3O. The minimum atomic E-state index is -0.423. The molecule has 0 radical (unpaired) electrons. The molecule has 0 aliphatic heterocycles. The average molecular weight is 305 g/mol. The number of anilines is 1. The lowest BCUT2D eigenvalue weighted by Crippen LogP contribution is -2.16. The zero-order valence-corrected chi connectivity index (χ0v) is 13.3. The fraction of sp³-hybridized carbons (Fsp3) is 0.158.